The van der Waals surface area contributed by atoms with Crippen molar-refractivity contribution < 1.29 is 0 Å². The molecule has 0 amide bonds. The smallest absolute Gasteiger partial charge is 0.00924 e. The summed E-state index contributed by atoms with van der Waals surface area (Å²) in [4.78, 5) is 0. The first kappa shape index (κ1) is 13.4. The van der Waals surface area contributed by atoms with Crippen molar-refractivity contribution in [2.45, 2.75) is 77.2 Å². The highest BCUT2D eigenvalue weighted by Gasteiger charge is 2.26. The summed E-state index contributed by atoms with van der Waals surface area (Å²) in [6.07, 6.45) is 14.8. The normalized spacial score (nSPS) is 32.8. The lowest BCUT2D eigenvalue weighted by atomic mass is 9.77. The molecule has 2 aliphatic rings. The predicted molar refractivity (Wildman–Crippen MR) is 75.2 cm³/mol. The van der Waals surface area contributed by atoms with Gasteiger partial charge >= 0.3 is 0 Å². The second kappa shape index (κ2) is 6.78. The van der Waals surface area contributed by atoms with Gasteiger partial charge in [0.25, 0.3) is 0 Å². The van der Waals surface area contributed by atoms with Gasteiger partial charge in [-0.2, -0.15) is 0 Å². The molecule has 2 rings (SSSR count). The van der Waals surface area contributed by atoms with Gasteiger partial charge in [0, 0.05) is 6.04 Å². The quantitative estimate of drug-likeness (QED) is 0.748. The maximum absolute atomic E-state index is 3.61. The van der Waals surface area contributed by atoms with E-state index < -0.39 is 0 Å². The van der Waals surface area contributed by atoms with E-state index in [1.807, 2.05) is 0 Å². The van der Waals surface area contributed by atoms with Crippen LogP contribution in [0.4, 0.5) is 0 Å². The van der Waals surface area contributed by atoms with Crippen LogP contribution in [0.3, 0.4) is 0 Å². The van der Waals surface area contributed by atoms with Gasteiger partial charge in [-0.25, -0.2) is 0 Å². The molecule has 0 spiro atoms. The zero-order valence-corrected chi connectivity index (χ0v) is 11.9. The first-order chi connectivity index (χ1) is 8.29. The predicted octanol–water partition coefficient (Wildman–Crippen LogP) is 4.37. The first-order valence-corrected chi connectivity index (χ1v) is 7.97. The lowest BCUT2D eigenvalue weighted by Crippen LogP contribution is -2.36. The second-order valence-corrected chi connectivity index (χ2v) is 6.64. The molecular weight excluding hydrogens is 206 g/mol. The minimum atomic E-state index is 0.808. The molecule has 0 saturated heterocycles. The molecule has 0 aromatic rings. The number of nitrogens with one attached hydrogen (secondary N) is 1. The molecule has 1 atom stereocenters. The minimum absolute atomic E-state index is 0.808. The van der Waals surface area contributed by atoms with E-state index in [0.717, 1.165) is 23.8 Å². The van der Waals surface area contributed by atoms with E-state index >= 15 is 0 Å². The highest BCUT2D eigenvalue weighted by molar-refractivity contribution is 4.81. The summed E-state index contributed by atoms with van der Waals surface area (Å²) in [5.41, 5.74) is 0. The molecule has 1 unspecified atom stereocenters. The van der Waals surface area contributed by atoms with Crippen molar-refractivity contribution in [2.24, 2.45) is 17.8 Å². The standard InChI is InChI=1S/C16H31N/c1-13-7-10-15(11-8-13)16(17-2)12-9-14-5-3-4-6-14/h13-17H,3-12H2,1-2H3. The summed E-state index contributed by atoms with van der Waals surface area (Å²) >= 11 is 0. The Morgan fingerprint density at radius 3 is 2.24 bits per heavy atom. The number of rotatable bonds is 5. The molecule has 1 heteroatoms. The van der Waals surface area contributed by atoms with Crippen molar-refractivity contribution >= 4 is 0 Å². The van der Waals surface area contributed by atoms with Gasteiger partial charge in [-0.05, 0) is 50.5 Å². The van der Waals surface area contributed by atoms with E-state index in [1.54, 1.807) is 0 Å². The Bertz CT molecular complexity index is 200. The van der Waals surface area contributed by atoms with Crippen molar-refractivity contribution in [3.05, 3.63) is 0 Å². The van der Waals surface area contributed by atoms with Crippen LogP contribution in [0.2, 0.25) is 0 Å². The summed E-state index contributed by atoms with van der Waals surface area (Å²) in [6, 6.07) is 0.808. The van der Waals surface area contributed by atoms with Gasteiger partial charge in [-0.3, -0.25) is 0 Å². The van der Waals surface area contributed by atoms with Gasteiger partial charge in [-0.1, -0.05) is 45.4 Å². The Hall–Kier alpha value is -0.0400. The average Bonchev–Trinajstić information content (AvgIpc) is 2.85. The third-order valence-corrected chi connectivity index (χ3v) is 5.36. The SMILES string of the molecule is CNC(CCC1CCCC1)C1CCC(C)CC1. The molecule has 2 saturated carbocycles. The first-order valence-electron chi connectivity index (χ1n) is 7.97. The molecule has 2 fully saturated rings. The lowest BCUT2D eigenvalue weighted by Gasteiger charge is -2.33. The number of hydrogen-bond acceptors (Lipinski definition) is 1. The van der Waals surface area contributed by atoms with Crippen LogP contribution in [0.25, 0.3) is 0 Å². The molecule has 0 aromatic carbocycles. The summed E-state index contributed by atoms with van der Waals surface area (Å²) in [5.74, 6) is 3.02. The second-order valence-electron chi connectivity index (χ2n) is 6.64. The number of hydrogen-bond donors (Lipinski definition) is 1. The zero-order valence-electron chi connectivity index (χ0n) is 11.9. The van der Waals surface area contributed by atoms with Gasteiger partial charge in [0.2, 0.25) is 0 Å². The molecule has 17 heavy (non-hydrogen) atoms. The van der Waals surface area contributed by atoms with E-state index in [2.05, 4.69) is 19.3 Å². The van der Waals surface area contributed by atoms with Gasteiger partial charge < -0.3 is 5.32 Å². The maximum Gasteiger partial charge on any atom is 0.00924 e. The van der Waals surface area contributed by atoms with Crippen LogP contribution in [-0.2, 0) is 0 Å². The fraction of sp³-hybridized carbons (Fsp3) is 1.00. The van der Waals surface area contributed by atoms with Gasteiger partial charge in [-0.15, -0.1) is 0 Å². The summed E-state index contributed by atoms with van der Waals surface area (Å²) < 4.78 is 0. The van der Waals surface area contributed by atoms with Crippen molar-refractivity contribution in [1.82, 2.24) is 5.32 Å². The Morgan fingerprint density at radius 1 is 1.00 bits per heavy atom. The van der Waals surface area contributed by atoms with Crippen molar-refractivity contribution in [3.8, 4) is 0 Å². The van der Waals surface area contributed by atoms with Crippen LogP contribution in [-0.4, -0.2) is 13.1 Å². The third-order valence-electron chi connectivity index (χ3n) is 5.36. The lowest BCUT2D eigenvalue weighted by molar-refractivity contribution is 0.221. The van der Waals surface area contributed by atoms with Crippen molar-refractivity contribution in [3.63, 3.8) is 0 Å². The molecule has 0 radical (unpaired) electrons. The van der Waals surface area contributed by atoms with Crippen LogP contribution in [0.15, 0.2) is 0 Å². The minimum Gasteiger partial charge on any atom is -0.317 e. The maximum atomic E-state index is 3.61. The Balaban J connectivity index is 1.71. The van der Waals surface area contributed by atoms with E-state index in [9.17, 15) is 0 Å². The fourth-order valence-electron chi connectivity index (χ4n) is 4.02. The third kappa shape index (κ3) is 3.98. The molecule has 0 heterocycles. The van der Waals surface area contributed by atoms with E-state index in [0.29, 0.717) is 0 Å². The Labute approximate surface area is 108 Å². The molecule has 1 N–H and O–H groups in total. The summed E-state index contributed by atoms with van der Waals surface area (Å²) in [5, 5.41) is 3.61. The fourth-order valence-corrected chi connectivity index (χ4v) is 4.02. The molecule has 0 aliphatic heterocycles. The Morgan fingerprint density at radius 2 is 1.65 bits per heavy atom. The van der Waals surface area contributed by atoms with Crippen LogP contribution in [0.5, 0.6) is 0 Å². The highest BCUT2D eigenvalue weighted by atomic mass is 14.9. The topological polar surface area (TPSA) is 12.0 Å². The van der Waals surface area contributed by atoms with Gasteiger partial charge in [0.05, 0.1) is 0 Å². The van der Waals surface area contributed by atoms with Gasteiger partial charge in [0.15, 0.2) is 0 Å². The molecule has 100 valence electrons. The highest BCUT2D eigenvalue weighted by Crippen LogP contribution is 2.34. The van der Waals surface area contributed by atoms with Crippen LogP contribution in [0.1, 0.15) is 71.1 Å². The largest absolute Gasteiger partial charge is 0.317 e. The van der Waals surface area contributed by atoms with E-state index in [4.69, 9.17) is 0 Å². The van der Waals surface area contributed by atoms with E-state index in [1.165, 1.54) is 64.2 Å². The van der Waals surface area contributed by atoms with Crippen LogP contribution >= 0.6 is 0 Å². The van der Waals surface area contributed by atoms with Crippen molar-refractivity contribution in [2.75, 3.05) is 7.05 Å². The van der Waals surface area contributed by atoms with Gasteiger partial charge in [0.1, 0.15) is 0 Å². The molecule has 1 nitrogen and oxygen atoms in total. The molecule has 2 aliphatic carbocycles. The molecular formula is C16H31N. The van der Waals surface area contributed by atoms with Crippen molar-refractivity contribution in [1.29, 1.82) is 0 Å². The Kier molecular flexibility index (Phi) is 5.34. The zero-order chi connectivity index (χ0) is 12.1. The van der Waals surface area contributed by atoms with Crippen LogP contribution < -0.4 is 5.32 Å². The molecule has 0 bridgehead atoms. The van der Waals surface area contributed by atoms with E-state index in [-0.39, 0.29) is 0 Å². The average molecular weight is 237 g/mol. The molecule has 0 aromatic heterocycles. The van der Waals surface area contributed by atoms with Crippen LogP contribution in [0, 0.1) is 17.8 Å². The summed E-state index contributed by atoms with van der Waals surface area (Å²) in [6.45, 7) is 2.42. The summed E-state index contributed by atoms with van der Waals surface area (Å²) in [7, 11) is 2.18. The monoisotopic (exact) mass is 237 g/mol.